The first-order valence-electron chi connectivity index (χ1n) is 10.1. The third-order valence-electron chi connectivity index (χ3n) is 5.40. The lowest BCUT2D eigenvalue weighted by molar-refractivity contribution is 0.170. The molecule has 0 radical (unpaired) electrons. The summed E-state index contributed by atoms with van der Waals surface area (Å²) in [4.78, 5) is 6.99. The molecule has 1 fully saturated rings. The van der Waals surface area contributed by atoms with E-state index in [0.29, 0.717) is 43.7 Å². The molecule has 4 rings (SSSR count). The molecule has 0 bridgehead atoms. The van der Waals surface area contributed by atoms with Gasteiger partial charge in [-0.3, -0.25) is 4.90 Å². The summed E-state index contributed by atoms with van der Waals surface area (Å²) in [5.74, 6) is 2.57. The summed E-state index contributed by atoms with van der Waals surface area (Å²) >= 11 is 0. The van der Waals surface area contributed by atoms with Crippen LogP contribution in [0.25, 0.3) is 0 Å². The molecule has 1 aromatic heterocycles. The number of sulfonamides is 1. The predicted octanol–water partition coefficient (Wildman–Crippen LogP) is 1.78. The molecule has 0 saturated carbocycles. The summed E-state index contributed by atoms with van der Waals surface area (Å²) in [6.07, 6.45) is 3.85. The molecular formula is C20H28N4O4S. The second-order valence-electron chi connectivity index (χ2n) is 7.68. The van der Waals surface area contributed by atoms with E-state index in [9.17, 15) is 8.42 Å². The van der Waals surface area contributed by atoms with Gasteiger partial charge in [0.2, 0.25) is 10.0 Å². The number of fused-ring (bicyclic) bond motifs is 1. The van der Waals surface area contributed by atoms with Gasteiger partial charge in [0, 0.05) is 63.6 Å². The zero-order valence-corrected chi connectivity index (χ0v) is 17.8. The van der Waals surface area contributed by atoms with Crippen LogP contribution in [-0.4, -0.2) is 73.1 Å². The van der Waals surface area contributed by atoms with Crippen LogP contribution in [0.3, 0.4) is 0 Å². The number of hydrogen-bond donors (Lipinski definition) is 0. The van der Waals surface area contributed by atoms with Gasteiger partial charge >= 0.3 is 0 Å². The smallest absolute Gasteiger partial charge is 0.243 e. The lowest BCUT2D eigenvalue weighted by Crippen LogP contribution is -2.49. The largest absolute Gasteiger partial charge is 0.486 e. The van der Waals surface area contributed by atoms with Crippen molar-refractivity contribution in [3.63, 3.8) is 0 Å². The summed E-state index contributed by atoms with van der Waals surface area (Å²) in [5, 5.41) is 0. The highest BCUT2D eigenvalue weighted by atomic mass is 32.2. The Morgan fingerprint density at radius 1 is 1.03 bits per heavy atom. The van der Waals surface area contributed by atoms with E-state index in [0.717, 1.165) is 32.0 Å². The van der Waals surface area contributed by atoms with E-state index in [2.05, 4.69) is 28.3 Å². The molecule has 29 heavy (non-hydrogen) atoms. The Balaban J connectivity index is 1.35. The van der Waals surface area contributed by atoms with Gasteiger partial charge in [-0.05, 0) is 12.1 Å². The van der Waals surface area contributed by atoms with Crippen molar-refractivity contribution in [2.24, 2.45) is 0 Å². The van der Waals surface area contributed by atoms with E-state index in [1.54, 1.807) is 22.5 Å². The highest BCUT2D eigenvalue weighted by Gasteiger charge is 2.29. The van der Waals surface area contributed by atoms with Gasteiger partial charge in [0.15, 0.2) is 11.5 Å². The molecule has 0 N–H and O–H groups in total. The van der Waals surface area contributed by atoms with Crippen molar-refractivity contribution >= 4 is 10.0 Å². The average Bonchev–Trinajstić information content (AvgIpc) is 3.21. The molecule has 0 unspecified atom stereocenters. The Bertz CT molecular complexity index is 949. The molecule has 3 heterocycles. The van der Waals surface area contributed by atoms with Crippen LogP contribution in [0.1, 0.15) is 25.6 Å². The molecule has 0 aliphatic carbocycles. The van der Waals surface area contributed by atoms with Crippen molar-refractivity contribution in [3.05, 3.63) is 36.4 Å². The van der Waals surface area contributed by atoms with Gasteiger partial charge in [-0.2, -0.15) is 4.31 Å². The number of benzene rings is 1. The topological polar surface area (TPSA) is 76.9 Å². The van der Waals surface area contributed by atoms with Crippen LogP contribution in [0, 0.1) is 0 Å². The lowest BCUT2D eigenvalue weighted by atomic mass is 10.2. The van der Waals surface area contributed by atoms with Crippen LogP contribution in [-0.2, 0) is 16.6 Å². The second kappa shape index (κ2) is 8.33. The molecule has 8 nitrogen and oxygen atoms in total. The fourth-order valence-electron chi connectivity index (χ4n) is 3.79. The SMILES string of the molecule is CC(C)c1nccn1CCN1CCN(S(=O)(=O)c2ccc3c(c2)OCCO3)CC1. The predicted molar refractivity (Wildman–Crippen MR) is 109 cm³/mol. The van der Waals surface area contributed by atoms with E-state index in [-0.39, 0.29) is 4.90 Å². The third kappa shape index (κ3) is 4.26. The van der Waals surface area contributed by atoms with Crippen molar-refractivity contribution in [2.45, 2.75) is 31.2 Å². The van der Waals surface area contributed by atoms with Crippen LogP contribution in [0.2, 0.25) is 0 Å². The highest BCUT2D eigenvalue weighted by molar-refractivity contribution is 7.89. The van der Waals surface area contributed by atoms with Crippen LogP contribution >= 0.6 is 0 Å². The molecule has 2 aliphatic heterocycles. The minimum atomic E-state index is -3.54. The number of hydrogen-bond acceptors (Lipinski definition) is 6. The van der Waals surface area contributed by atoms with E-state index in [4.69, 9.17) is 9.47 Å². The van der Waals surface area contributed by atoms with Gasteiger partial charge in [0.05, 0.1) is 4.90 Å². The van der Waals surface area contributed by atoms with E-state index < -0.39 is 10.0 Å². The van der Waals surface area contributed by atoms with E-state index >= 15 is 0 Å². The fourth-order valence-corrected chi connectivity index (χ4v) is 5.22. The summed E-state index contributed by atoms with van der Waals surface area (Å²) in [6, 6.07) is 4.85. The molecule has 158 valence electrons. The Kier molecular flexibility index (Phi) is 5.80. The van der Waals surface area contributed by atoms with Crippen LogP contribution in [0.15, 0.2) is 35.5 Å². The number of imidazole rings is 1. The lowest BCUT2D eigenvalue weighted by Gasteiger charge is -2.34. The standard InChI is InChI=1S/C20H28N4O4S/c1-16(2)20-21-5-6-23(20)10-7-22-8-11-24(12-9-22)29(25,26)17-3-4-18-19(15-17)28-14-13-27-18/h3-6,15-16H,7-14H2,1-2H3. The van der Waals surface area contributed by atoms with Crippen LogP contribution < -0.4 is 9.47 Å². The Morgan fingerprint density at radius 3 is 2.48 bits per heavy atom. The molecular weight excluding hydrogens is 392 g/mol. The normalized spacial score (nSPS) is 18.3. The monoisotopic (exact) mass is 420 g/mol. The zero-order valence-electron chi connectivity index (χ0n) is 17.0. The number of ether oxygens (including phenoxy) is 2. The maximum atomic E-state index is 13.0. The van der Waals surface area contributed by atoms with Gasteiger partial charge in [-0.25, -0.2) is 13.4 Å². The van der Waals surface area contributed by atoms with Gasteiger partial charge in [0.1, 0.15) is 19.0 Å². The molecule has 2 aromatic rings. The van der Waals surface area contributed by atoms with Gasteiger partial charge in [0.25, 0.3) is 0 Å². The quantitative estimate of drug-likeness (QED) is 0.709. The molecule has 0 atom stereocenters. The van der Waals surface area contributed by atoms with E-state index in [1.807, 2.05) is 12.4 Å². The molecule has 1 aromatic carbocycles. The molecule has 1 saturated heterocycles. The maximum Gasteiger partial charge on any atom is 0.243 e. The van der Waals surface area contributed by atoms with Crippen LogP contribution in [0.4, 0.5) is 0 Å². The summed E-state index contributed by atoms with van der Waals surface area (Å²) in [7, 11) is -3.54. The molecule has 9 heteroatoms. The zero-order chi connectivity index (χ0) is 20.4. The first kappa shape index (κ1) is 20.2. The number of aromatic nitrogens is 2. The summed E-state index contributed by atoms with van der Waals surface area (Å²) in [5.41, 5.74) is 0. The minimum Gasteiger partial charge on any atom is -0.486 e. The first-order chi connectivity index (χ1) is 13.9. The Morgan fingerprint density at radius 2 is 1.76 bits per heavy atom. The molecule has 0 amide bonds. The first-order valence-corrected chi connectivity index (χ1v) is 11.5. The van der Waals surface area contributed by atoms with Crippen molar-refractivity contribution < 1.29 is 17.9 Å². The highest BCUT2D eigenvalue weighted by Crippen LogP contribution is 2.33. The Hall–Kier alpha value is -2.10. The van der Waals surface area contributed by atoms with Crippen molar-refractivity contribution in [3.8, 4) is 11.5 Å². The van der Waals surface area contributed by atoms with Gasteiger partial charge in [-0.1, -0.05) is 13.8 Å². The maximum absolute atomic E-state index is 13.0. The van der Waals surface area contributed by atoms with Crippen molar-refractivity contribution in [2.75, 3.05) is 45.9 Å². The summed E-state index contributed by atoms with van der Waals surface area (Å²) < 4.78 is 40.8. The number of rotatable bonds is 6. The van der Waals surface area contributed by atoms with Gasteiger partial charge in [-0.15, -0.1) is 0 Å². The second-order valence-corrected chi connectivity index (χ2v) is 9.62. The number of piperazine rings is 1. The van der Waals surface area contributed by atoms with E-state index in [1.165, 1.54) is 0 Å². The third-order valence-corrected chi connectivity index (χ3v) is 7.30. The average molecular weight is 421 g/mol. The van der Waals surface area contributed by atoms with Crippen molar-refractivity contribution in [1.82, 2.24) is 18.8 Å². The van der Waals surface area contributed by atoms with Crippen LogP contribution in [0.5, 0.6) is 11.5 Å². The molecule has 0 spiro atoms. The Labute approximate surface area is 172 Å². The van der Waals surface area contributed by atoms with Crippen molar-refractivity contribution in [1.29, 1.82) is 0 Å². The summed E-state index contributed by atoms with van der Waals surface area (Å²) in [6.45, 7) is 9.35. The minimum absolute atomic E-state index is 0.259. The fraction of sp³-hybridized carbons (Fsp3) is 0.550. The number of nitrogens with zero attached hydrogens (tertiary/aromatic N) is 4. The molecule has 2 aliphatic rings. The van der Waals surface area contributed by atoms with Gasteiger partial charge < -0.3 is 14.0 Å².